The largest absolute Gasteiger partial charge is 0.463 e. The lowest BCUT2D eigenvalue weighted by molar-refractivity contribution is -0.127. The summed E-state index contributed by atoms with van der Waals surface area (Å²) in [6, 6.07) is 3.48. The third-order valence-electron chi connectivity index (χ3n) is 2.78. The van der Waals surface area contributed by atoms with E-state index in [2.05, 4.69) is 21.1 Å². The van der Waals surface area contributed by atoms with Crippen molar-refractivity contribution in [2.24, 2.45) is 16.1 Å². The van der Waals surface area contributed by atoms with E-state index < -0.39 is 5.92 Å². The van der Waals surface area contributed by atoms with Gasteiger partial charge in [0.15, 0.2) is 0 Å². The zero-order valence-corrected chi connectivity index (χ0v) is 10.6. The number of hydrogen-bond acceptors (Lipinski definition) is 5. The standard InChI is InChI=1S/C12H14N4O3/c1-7-9(12(18)16-13-7)6-11(17)15-14-8(2)10-4-3-5-19-10/h3-5,9H,6H2,1-2H3,(H,15,17)(H,16,18)/t9-/m1/s1. The molecule has 1 aromatic heterocycles. The maximum Gasteiger partial charge on any atom is 0.249 e. The number of furan rings is 1. The Morgan fingerprint density at radius 1 is 1.63 bits per heavy atom. The van der Waals surface area contributed by atoms with Gasteiger partial charge in [-0.2, -0.15) is 10.2 Å². The van der Waals surface area contributed by atoms with E-state index in [1.165, 1.54) is 6.26 Å². The lowest BCUT2D eigenvalue weighted by Gasteiger charge is -2.06. The molecule has 1 aliphatic rings. The smallest absolute Gasteiger partial charge is 0.249 e. The summed E-state index contributed by atoms with van der Waals surface area (Å²) in [5.74, 6) is -0.544. The Balaban J connectivity index is 1.90. The fourth-order valence-corrected chi connectivity index (χ4v) is 1.65. The van der Waals surface area contributed by atoms with Crippen LogP contribution in [-0.2, 0) is 9.59 Å². The van der Waals surface area contributed by atoms with Gasteiger partial charge in [-0.25, -0.2) is 10.9 Å². The number of nitrogens with one attached hydrogen (secondary N) is 2. The fraction of sp³-hybridized carbons (Fsp3) is 0.333. The van der Waals surface area contributed by atoms with Gasteiger partial charge in [0.1, 0.15) is 11.5 Å². The topological polar surface area (TPSA) is 96.1 Å². The Hall–Kier alpha value is -2.44. The molecule has 2 N–H and O–H groups in total. The number of nitrogens with zero attached hydrogens (tertiary/aromatic N) is 2. The quantitative estimate of drug-likeness (QED) is 0.615. The van der Waals surface area contributed by atoms with Crippen molar-refractivity contribution in [1.29, 1.82) is 0 Å². The number of rotatable bonds is 4. The summed E-state index contributed by atoms with van der Waals surface area (Å²) in [5.41, 5.74) is 5.88. The van der Waals surface area contributed by atoms with E-state index in [1.807, 2.05) is 0 Å². The van der Waals surface area contributed by atoms with Gasteiger partial charge in [-0.15, -0.1) is 0 Å². The molecule has 100 valence electrons. The van der Waals surface area contributed by atoms with Crippen molar-refractivity contribution in [2.75, 3.05) is 0 Å². The van der Waals surface area contributed by atoms with E-state index in [4.69, 9.17) is 4.42 Å². The van der Waals surface area contributed by atoms with Gasteiger partial charge in [0, 0.05) is 12.1 Å². The number of hydrazone groups is 2. The molecule has 0 radical (unpaired) electrons. The molecule has 0 spiro atoms. The number of amides is 2. The molecule has 2 rings (SSSR count). The van der Waals surface area contributed by atoms with Crippen molar-refractivity contribution < 1.29 is 14.0 Å². The van der Waals surface area contributed by atoms with E-state index in [0.717, 1.165) is 0 Å². The molecule has 7 heteroatoms. The number of carbonyl (C=O) groups is 2. The van der Waals surface area contributed by atoms with Crippen molar-refractivity contribution in [3.63, 3.8) is 0 Å². The maximum absolute atomic E-state index is 11.7. The highest BCUT2D eigenvalue weighted by Crippen LogP contribution is 2.11. The summed E-state index contributed by atoms with van der Waals surface area (Å²) in [6.45, 7) is 3.42. The molecule has 0 bridgehead atoms. The van der Waals surface area contributed by atoms with Gasteiger partial charge in [-0.3, -0.25) is 9.59 Å². The Bertz CT molecular complexity index is 545. The molecule has 2 heterocycles. The van der Waals surface area contributed by atoms with Crippen LogP contribution in [0.25, 0.3) is 0 Å². The van der Waals surface area contributed by atoms with Crippen LogP contribution < -0.4 is 10.9 Å². The van der Waals surface area contributed by atoms with Gasteiger partial charge in [-0.1, -0.05) is 0 Å². The Morgan fingerprint density at radius 2 is 2.42 bits per heavy atom. The summed E-state index contributed by atoms with van der Waals surface area (Å²) in [6.07, 6.45) is 1.55. The average Bonchev–Trinajstić information content (AvgIpc) is 3.01. The summed E-state index contributed by atoms with van der Waals surface area (Å²) in [4.78, 5) is 23.1. The van der Waals surface area contributed by atoms with E-state index in [9.17, 15) is 9.59 Å². The minimum Gasteiger partial charge on any atom is -0.463 e. The Morgan fingerprint density at radius 3 is 3.00 bits per heavy atom. The average molecular weight is 262 g/mol. The molecule has 2 amide bonds. The second kappa shape index (κ2) is 5.47. The molecule has 0 saturated carbocycles. The molecule has 0 fully saturated rings. The minimum atomic E-state index is -0.515. The second-order valence-corrected chi connectivity index (χ2v) is 4.20. The molecule has 19 heavy (non-hydrogen) atoms. The molecule has 0 unspecified atom stereocenters. The van der Waals surface area contributed by atoms with Gasteiger partial charge >= 0.3 is 0 Å². The SMILES string of the molecule is CC(=NNC(=O)C[C@H]1C(=O)NN=C1C)c1ccco1. The molecule has 1 atom stereocenters. The Kier molecular flexibility index (Phi) is 3.74. The van der Waals surface area contributed by atoms with Crippen LogP contribution in [0.4, 0.5) is 0 Å². The lowest BCUT2D eigenvalue weighted by Crippen LogP contribution is -2.29. The van der Waals surface area contributed by atoms with Crippen LogP contribution in [0.3, 0.4) is 0 Å². The molecule has 7 nitrogen and oxygen atoms in total. The van der Waals surface area contributed by atoms with Crippen LogP contribution in [0.1, 0.15) is 26.0 Å². The summed E-state index contributed by atoms with van der Waals surface area (Å²) < 4.78 is 5.13. The van der Waals surface area contributed by atoms with E-state index >= 15 is 0 Å². The van der Waals surface area contributed by atoms with Crippen molar-refractivity contribution in [1.82, 2.24) is 10.9 Å². The van der Waals surface area contributed by atoms with Crippen molar-refractivity contribution >= 4 is 23.2 Å². The highest BCUT2D eigenvalue weighted by Gasteiger charge is 2.29. The van der Waals surface area contributed by atoms with Gasteiger partial charge < -0.3 is 4.42 Å². The first kappa shape index (κ1) is 13.0. The highest BCUT2D eigenvalue weighted by molar-refractivity contribution is 6.09. The molecular formula is C12H14N4O3. The van der Waals surface area contributed by atoms with Crippen LogP contribution in [0.15, 0.2) is 33.0 Å². The van der Waals surface area contributed by atoms with Crippen LogP contribution in [0, 0.1) is 5.92 Å². The van der Waals surface area contributed by atoms with Crippen LogP contribution in [-0.4, -0.2) is 23.2 Å². The monoisotopic (exact) mass is 262 g/mol. The van der Waals surface area contributed by atoms with E-state index in [0.29, 0.717) is 17.2 Å². The first-order chi connectivity index (χ1) is 9.08. The predicted molar refractivity (Wildman–Crippen MR) is 68.4 cm³/mol. The highest BCUT2D eigenvalue weighted by atomic mass is 16.3. The van der Waals surface area contributed by atoms with Gasteiger partial charge in [0.25, 0.3) is 0 Å². The minimum absolute atomic E-state index is 0.0239. The molecule has 1 aromatic rings. The molecule has 0 saturated heterocycles. The first-order valence-electron chi connectivity index (χ1n) is 5.79. The lowest BCUT2D eigenvalue weighted by atomic mass is 10.0. The molecular weight excluding hydrogens is 248 g/mol. The summed E-state index contributed by atoms with van der Waals surface area (Å²) in [5, 5.41) is 7.68. The number of hydrogen-bond donors (Lipinski definition) is 2. The van der Waals surface area contributed by atoms with Crippen LogP contribution in [0.2, 0.25) is 0 Å². The summed E-state index contributed by atoms with van der Waals surface area (Å²) in [7, 11) is 0. The first-order valence-corrected chi connectivity index (χ1v) is 5.79. The van der Waals surface area contributed by atoms with E-state index in [-0.39, 0.29) is 18.2 Å². The van der Waals surface area contributed by atoms with Crippen molar-refractivity contribution in [2.45, 2.75) is 20.3 Å². The third kappa shape index (κ3) is 3.06. The molecule has 1 aliphatic heterocycles. The van der Waals surface area contributed by atoms with Gasteiger partial charge in [0.05, 0.1) is 12.2 Å². The van der Waals surface area contributed by atoms with Gasteiger partial charge in [0.2, 0.25) is 11.8 Å². The third-order valence-corrected chi connectivity index (χ3v) is 2.78. The normalized spacial score (nSPS) is 19.1. The van der Waals surface area contributed by atoms with Crippen LogP contribution >= 0.6 is 0 Å². The van der Waals surface area contributed by atoms with Crippen molar-refractivity contribution in [3.8, 4) is 0 Å². The maximum atomic E-state index is 11.7. The second-order valence-electron chi connectivity index (χ2n) is 4.20. The zero-order valence-electron chi connectivity index (χ0n) is 10.6. The Labute approximate surface area is 109 Å². The van der Waals surface area contributed by atoms with E-state index in [1.54, 1.807) is 26.0 Å². The number of carbonyl (C=O) groups excluding carboxylic acids is 2. The zero-order chi connectivity index (χ0) is 13.8. The summed E-state index contributed by atoms with van der Waals surface area (Å²) >= 11 is 0. The van der Waals surface area contributed by atoms with Gasteiger partial charge in [-0.05, 0) is 26.0 Å². The molecule has 0 aromatic carbocycles. The molecule has 0 aliphatic carbocycles. The fourth-order valence-electron chi connectivity index (χ4n) is 1.65. The van der Waals surface area contributed by atoms with Crippen LogP contribution in [0.5, 0.6) is 0 Å². The van der Waals surface area contributed by atoms with Crippen molar-refractivity contribution in [3.05, 3.63) is 24.2 Å². The predicted octanol–water partition coefficient (Wildman–Crippen LogP) is 0.632.